The van der Waals surface area contributed by atoms with E-state index in [1.54, 1.807) is 7.11 Å². The van der Waals surface area contributed by atoms with Gasteiger partial charge in [-0.2, -0.15) is 0 Å². The number of likely N-dealkylation sites (N-methyl/N-ethyl adjacent to an activating group) is 1. The van der Waals surface area contributed by atoms with Gasteiger partial charge in [0, 0.05) is 53.0 Å². The number of nitrogens with one attached hydrogen (secondary N) is 2. The highest BCUT2D eigenvalue weighted by atomic mass is 16.5. The van der Waals surface area contributed by atoms with Gasteiger partial charge < -0.3 is 25.0 Å². The van der Waals surface area contributed by atoms with Crippen molar-refractivity contribution in [1.29, 1.82) is 0 Å². The van der Waals surface area contributed by atoms with Crippen LogP contribution in [0.15, 0.2) is 4.99 Å². The molecular weight excluding hydrogens is 328 g/mol. The van der Waals surface area contributed by atoms with Crippen LogP contribution in [0.3, 0.4) is 0 Å². The molecule has 1 aliphatic rings. The highest BCUT2D eigenvalue weighted by Gasteiger charge is 2.24. The van der Waals surface area contributed by atoms with Gasteiger partial charge in [0.2, 0.25) is 0 Å². The standard InChI is InChI=1S/C20H42N4O2/c1-5-21-20(23-14-16-24(3)15-9-17-25-4)22-13-12-19(26-6-2)18-10-7-8-11-18/h18-19H,5-17H2,1-4H3,(H2,21,22,23). The Balaban J connectivity index is 2.32. The summed E-state index contributed by atoms with van der Waals surface area (Å²) < 4.78 is 11.1. The largest absolute Gasteiger partial charge is 0.385 e. The Morgan fingerprint density at radius 3 is 2.62 bits per heavy atom. The second kappa shape index (κ2) is 15.2. The lowest BCUT2D eigenvalue weighted by Gasteiger charge is -2.23. The molecule has 1 unspecified atom stereocenters. The van der Waals surface area contributed by atoms with Crippen molar-refractivity contribution < 1.29 is 9.47 Å². The van der Waals surface area contributed by atoms with E-state index in [0.717, 1.165) is 70.7 Å². The van der Waals surface area contributed by atoms with Gasteiger partial charge in [-0.25, -0.2) is 0 Å². The Hall–Kier alpha value is -0.850. The minimum absolute atomic E-state index is 0.376. The van der Waals surface area contributed by atoms with Gasteiger partial charge in [-0.05, 0) is 52.5 Å². The molecule has 0 bridgehead atoms. The van der Waals surface area contributed by atoms with Crippen LogP contribution in [-0.4, -0.2) is 77.1 Å². The van der Waals surface area contributed by atoms with Gasteiger partial charge in [0.25, 0.3) is 0 Å². The number of guanidine groups is 1. The van der Waals surface area contributed by atoms with Gasteiger partial charge in [0.1, 0.15) is 0 Å². The van der Waals surface area contributed by atoms with Crippen LogP contribution in [0.25, 0.3) is 0 Å². The molecule has 0 aromatic carbocycles. The maximum Gasteiger partial charge on any atom is 0.191 e. The summed E-state index contributed by atoms with van der Waals surface area (Å²) in [6.45, 7) is 10.5. The van der Waals surface area contributed by atoms with Crippen LogP contribution in [0, 0.1) is 5.92 Å². The molecule has 1 rings (SSSR count). The van der Waals surface area contributed by atoms with Crippen molar-refractivity contribution in [2.45, 2.75) is 58.5 Å². The molecular formula is C20H42N4O2. The molecule has 0 aliphatic heterocycles. The first-order chi connectivity index (χ1) is 12.7. The van der Waals surface area contributed by atoms with Gasteiger partial charge in [0.05, 0.1) is 6.10 Å². The van der Waals surface area contributed by atoms with E-state index in [-0.39, 0.29) is 0 Å². The van der Waals surface area contributed by atoms with Crippen molar-refractivity contribution in [3.05, 3.63) is 0 Å². The molecule has 0 saturated heterocycles. The molecule has 26 heavy (non-hydrogen) atoms. The maximum atomic E-state index is 6.00. The summed E-state index contributed by atoms with van der Waals surface area (Å²) in [4.78, 5) is 7.08. The smallest absolute Gasteiger partial charge is 0.191 e. The third kappa shape index (κ3) is 10.3. The number of rotatable bonds is 14. The van der Waals surface area contributed by atoms with Gasteiger partial charge in [-0.15, -0.1) is 0 Å². The molecule has 0 amide bonds. The summed E-state index contributed by atoms with van der Waals surface area (Å²) in [6.07, 6.45) is 7.83. The van der Waals surface area contributed by atoms with Crippen LogP contribution in [0.2, 0.25) is 0 Å². The van der Waals surface area contributed by atoms with Gasteiger partial charge >= 0.3 is 0 Å². The second-order valence-corrected chi connectivity index (χ2v) is 7.16. The summed E-state index contributed by atoms with van der Waals surface area (Å²) in [6, 6.07) is 0. The summed E-state index contributed by atoms with van der Waals surface area (Å²) in [5.41, 5.74) is 0. The van der Waals surface area contributed by atoms with E-state index in [4.69, 9.17) is 14.5 Å². The first kappa shape index (κ1) is 23.2. The minimum Gasteiger partial charge on any atom is -0.385 e. The zero-order chi connectivity index (χ0) is 19.0. The third-order valence-corrected chi connectivity index (χ3v) is 5.01. The minimum atomic E-state index is 0.376. The summed E-state index contributed by atoms with van der Waals surface area (Å²) in [5, 5.41) is 6.79. The fraction of sp³-hybridized carbons (Fsp3) is 0.950. The molecule has 154 valence electrons. The van der Waals surface area contributed by atoms with E-state index < -0.39 is 0 Å². The molecule has 1 atom stereocenters. The van der Waals surface area contributed by atoms with Crippen LogP contribution >= 0.6 is 0 Å². The van der Waals surface area contributed by atoms with Crippen molar-refractivity contribution in [3.8, 4) is 0 Å². The van der Waals surface area contributed by atoms with Crippen LogP contribution in [0.1, 0.15) is 52.4 Å². The zero-order valence-electron chi connectivity index (χ0n) is 17.6. The predicted octanol–water partition coefficient (Wildman–Crippen LogP) is 2.50. The van der Waals surface area contributed by atoms with Crippen LogP contribution in [0.5, 0.6) is 0 Å². The summed E-state index contributed by atoms with van der Waals surface area (Å²) in [7, 11) is 3.90. The van der Waals surface area contributed by atoms with Gasteiger partial charge in [-0.1, -0.05) is 12.8 Å². The number of hydrogen-bond acceptors (Lipinski definition) is 4. The van der Waals surface area contributed by atoms with Crippen LogP contribution < -0.4 is 10.6 Å². The van der Waals surface area contributed by atoms with E-state index in [9.17, 15) is 0 Å². The van der Waals surface area contributed by atoms with E-state index in [0.29, 0.717) is 6.10 Å². The predicted molar refractivity (Wildman–Crippen MR) is 110 cm³/mol. The number of ether oxygens (including phenoxy) is 2. The molecule has 0 radical (unpaired) electrons. The average Bonchev–Trinajstić information content (AvgIpc) is 3.15. The first-order valence-corrected chi connectivity index (χ1v) is 10.5. The molecule has 0 spiro atoms. The monoisotopic (exact) mass is 370 g/mol. The van der Waals surface area contributed by atoms with Crippen LogP contribution in [-0.2, 0) is 9.47 Å². The Kier molecular flexibility index (Phi) is 13.6. The summed E-state index contributed by atoms with van der Waals surface area (Å²) in [5.74, 6) is 1.65. The van der Waals surface area contributed by atoms with E-state index in [1.807, 2.05) is 0 Å². The van der Waals surface area contributed by atoms with Gasteiger partial charge in [0.15, 0.2) is 5.96 Å². The molecule has 1 saturated carbocycles. The SMILES string of the molecule is CCNC(=NCCC(OCC)C1CCCC1)NCCN(C)CCCOC. The molecule has 0 heterocycles. The lowest BCUT2D eigenvalue weighted by Crippen LogP contribution is -2.41. The van der Waals surface area contributed by atoms with Crippen LogP contribution in [0.4, 0.5) is 0 Å². The quantitative estimate of drug-likeness (QED) is 0.279. The highest BCUT2D eigenvalue weighted by molar-refractivity contribution is 5.79. The average molecular weight is 371 g/mol. The van der Waals surface area contributed by atoms with E-state index in [2.05, 4.69) is 36.4 Å². The molecule has 2 N–H and O–H groups in total. The van der Waals surface area contributed by atoms with Crippen molar-refractivity contribution in [2.24, 2.45) is 10.9 Å². The topological polar surface area (TPSA) is 58.1 Å². The molecule has 1 aliphatic carbocycles. The molecule has 0 aromatic rings. The first-order valence-electron chi connectivity index (χ1n) is 10.5. The van der Waals surface area contributed by atoms with Crippen molar-refractivity contribution in [3.63, 3.8) is 0 Å². The Morgan fingerprint density at radius 1 is 1.19 bits per heavy atom. The number of hydrogen-bond donors (Lipinski definition) is 2. The molecule has 1 fully saturated rings. The van der Waals surface area contributed by atoms with Gasteiger partial charge in [-0.3, -0.25) is 4.99 Å². The van der Waals surface area contributed by atoms with E-state index in [1.165, 1.54) is 25.7 Å². The Labute approximate surface area is 161 Å². The number of nitrogens with zero attached hydrogens (tertiary/aromatic N) is 2. The lowest BCUT2D eigenvalue weighted by molar-refractivity contribution is 0.0177. The Morgan fingerprint density at radius 2 is 1.96 bits per heavy atom. The second-order valence-electron chi connectivity index (χ2n) is 7.16. The maximum absolute atomic E-state index is 6.00. The fourth-order valence-electron chi connectivity index (χ4n) is 3.60. The zero-order valence-corrected chi connectivity index (χ0v) is 17.6. The fourth-order valence-corrected chi connectivity index (χ4v) is 3.60. The number of aliphatic imine (C=N–C) groups is 1. The Bertz CT molecular complexity index is 360. The third-order valence-electron chi connectivity index (χ3n) is 5.01. The normalized spacial score (nSPS) is 17.0. The van der Waals surface area contributed by atoms with Crippen molar-refractivity contribution in [2.75, 3.05) is 60.1 Å². The molecule has 6 heteroatoms. The van der Waals surface area contributed by atoms with Crippen molar-refractivity contribution in [1.82, 2.24) is 15.5 Å². The summed E-state index contributed by atoms with van der Waals surface area (Å²) >= 11 is 0. The lowest BCUT2D eigenvalue weighted by atomic mass is 9.98. The number of methoxy groups -OCH3 is 1. The molecule has 0 aromatic heterocycles. The van der Waals surface area contributed by atoms with Crippen molar-refractivity contribution >= 4 is 5.96 Å². The molecule has 6 nitrogen and oxygen atoms in total. The van der Waals surface area contributed by atoms with E-state index >= 15 is 0 Å². The highest BCUT2D eigenvalue weighted by Crippen LogP contribution is 2.30.